The number of nitrogens with zero attached hydrogens (tertiary/aromatic N) is 1. The van der Waals surface area contributed by atoms with Crippen LogP contribution in [0.15, 0.2) is 24.3 Å². The first-order valence-corrected chi connectivity index (χ1v) is 10.8. The molecule has 5 atom stereocenters. The van der Waals surface area contributed by atoms with Gasteiger partial charge in [-0.3, -0.25) is 9.69 Å². The van der Waals surface area contributed by atoms with Crippen LogP contribution in [0.2, 0.25) is 0 Å². The number of methoxy groups -OCH3 is 1. The molecule has 1 heterocycles. The fraction of sp³-hybridized carbons (Fsp3) is 0.625. The van der Waals surface area contributed by atoms with E-state index in [1.807, 2.05) is 32.9 Å². The lowest BCUT2D eigenvalue weighted by molar-refractivity contribution is -0.160. The molecule has 0 aromatic heterocycles. The number of likely N-dealkylation sites (N-methyl/N-ethyl adjacent to an activating group) is 1. The third-order valence-electron chi connectivity index (χ3n) is 7.01. The van der Waals surface area contributed by atoms with Gasteiger partial charge in [-0.15, -0.1) is 0 Å². The summed E-state index contributed by atoms with van der Waals surface area (Å²) in [5.41, 5.74) is 1.45. The van der Waals surface area contributed by atoms with E-state index in [2.05, 4.69) is 30.9 Å². The van der Waals surface area contributed by atoms with Gasteiger partial charge in [-0.05, 0) is 45.4 Å². The Balaban J connectivity index is 1.72. The van der Waals surface area contributed by atoms with E-state index in [1.54, 1.807) is 7.11 Å². The number of ether oxygens (including phenoxy) is 3. The first kappa shape index (κ1) is 21.2. The summed E-state index contributed by atoms with van der Waals surface area (Å²) >= 11 is 0. The SMILES string of the molecule is CCN(COC(=O)C(C)(C)C)C1Cc2ccc(OC)c3c2[C@]2(C)[C@H]1C=C[C@H](O)[C@@H]2O3. The van der Waals surface area contributed by atoms with Crippen molar-refractivity contribution in [2.45, 2.75) is 64.7 Å². The minimum atomic E-state index is -0.677. The van der Waals surface area contributed by atoms with E-state index in [-0.39, 0.29) is 36.2 Å². The molecule has 164 valence electrons. The van der Waals surface area contributed by atoms with Gasteiger partial charge < -0.3 is 19.3 Å². The fourth-order valence-corrected chi connectivity index (χ4v) is 5.37. The molecule has 1 N–H and O–H groups in total. The number of carbonyl (C=O) groups is 1. The van der Waals surface area contributed by atoms with Gasteiger partial charge in [-0.2, -0.15) is 0 Å². The Hall–Kier alpha value is -2.05. The summed E-state index contributed by atoms with van der Waals surface area (Å²) in [5, 5.41) is 10.7. The highest BCUT2D eigenvalue weighted by Crippen LogP contribution is 2.59. The zero-order valence-electron chi connectivity index (χ0n) is 18.8. The van der Waals surface area contributed by atoms with Crippen LogP contribution >= 0.6 is 0 Å². The number of hydrogen-bond donors (Lipinski definition) is 1. The highest BCUT2D eigenvalue weighted by molar-refractivity contribution is 5.75. The smallest absolute Gasteiger partial charge is 0.312 e. The van der Waals surface area contributed by atoms with Crippen LogP contribution < -0.4 is 9.47 Å². The van der Waals surface area contributed by atoms with Crippen LogP contribution in [0.1, 0.15) is 45.7 Å². The van der Waals surface area contributed by atoms with Gasteiger partial charge in [0, 0.05) is 22.9 Å². The molecule has 0 amide bonds. The molecule has 1 aliphatic heterocycles. The molecule has 30 heavy (non-hydrogen) atoms. The molecule has 3 aliphatic rings. The quantitative estimate of drug-likeness (QED) is 0.453. The predicted molar refractivity (Wildman–Crippen MR) is 114 cm³/mol. The summed E-state index contributed by atoms with van der Waals surface area (Å²) in [4.78, 5) is 14.6. The van der Waals surface area contributed by atoms with Crippen molar-refractivity contribution in [3.05, 3.63) is 35.4 Å². The van der Waals surface area contributed by atoms with Crippen LogP contribution in [-0.4, -0.2) is 54.6 Å². The second kappa shape index (κ2) is 7.27. The molecule has 6 nitrogen and oxygen atoms in total. The lowest BCUT2D eigenvalue weighted by Crippen LogP contribution is -2.60. The molecule has 0 fully saturated rings. The van der Waals surface area contributed by atoms with Crippen molar-refractivity contribution in [1.29, 1.82) is 0 Å². The Kier molecular flexibility index (Phi) is 5.14. The molecule has 1 unspecified atom stereocenters. The Morgan fingerprint density at radius 3 is 2.70 bits per heavy atom. The maximum Gasteiger partial charge on any atom is 0.312 e. The number of hydrogen-bond acceptors (Lipinski definition) is 6. The van der Waals surface area contributed by atoms with Crippen LogP contribution in [0.25, 0.3) is 0 Å². The molecule has 1 aromatic carbocycles. The van der Waals surface area contributed by atoms with E-state index < -0.39 is 11.5 Å². The van der Waals surface area contributed by atoms with Gasteiger partial charge >= 0.3 is 5.97 Å². The van der Waals surface area contributed by atoms with E-state index in [9.17, 15) is 9.90 Å². The highest BCUT2D eigenvalue weighted by Gasteiger charge is 2.60. The molecule has 1 aromatic rings. The maximum absolute atomic E-state index is 12.4. The van der Waals surface area contributed by atoms with Crippen molar-refractivity contribution in [3.8, 4) is 11.5 Å². The van der Waals surface area contributed by atoms with Crippen molar-refractivity contribution in [3.63, 3.8) is 0 Å². The summed E-state index contributed by atoms with van der Waals surface area (Å²) < 4.78 is 17.5. The Labute approximate surface area is 178 Å². The first-order valence-electron chi connectivity index (χ1n) is 10.8. The molecule has 0 saturated carbocycles. The number of esters is 1. The zero-order valence-corrected chi connectivity index (χ0v) is 18.8. The summed E-state index contributed by atoms with van der Waals surface area (Å²) in [5.74, 6) is 1.39. The standard InChI is InChI=1S/C24H33NO5/c1-7-25(13-29-22(27)23(2,3)4)16-12-14-8-11-18(28-6)20-19(14)24(5)15(16)9-10-17(26)21(24)30-20/h8-11,15-17,21,26H,7,12-13H2,1-6H3/t15-,16?,17-,21-,24-/m0/s1. The third kappa shape index (κ3) is 3.04. The normalized spacial score (nSPS) is 31.3. The summed E-state index contributed by atoms with van der Waals surface area (Å²) in [6, 6.07) is 4.19. The highest BCUT2D eigenvalue weighted by atomic mass is 16.5. The molecule has 2 aliphatic carbocycles. The average Bonchev–Trinajstić information content (AvgIpc) is 3.02. The van der Waals surface area contributed by atoms with Gasteiger partial charge in [0.2, 0.25) is 0 Å². The van der Waals surface area contributed by atoms with Crippen molar-refractivity contribution in [2.24, 2.45) is 11.3 Å². The third-order valence-corrected chi connectivity index (χ3v) is 7.01. The Morgan fingerprint density at radius 1 is 1.33 bits per heavy atom. The van der Waals surface area contributed by atoms with Crippen molar-refractivity contribution in [2.75, 3.05) is 20.4 Å². The van der Waals surface area contributed by atoms with Gasteiger partial charge in [-0.25, -0.2) is 0 Å². The van der Waals surface area contributed by atoms with E-state index in [4.69, 9.17) is 14.2 Å². The van der Waals surface area contributed by atoms with E-state index in [0.29, 0.717) is 5.75 Å². The van der Waals surface area contributed by atoms with Crippen molar-refractivity contribution < 1.29 is 24.1 Å². The number of carbonyl (C=O) groups excluding carboxylic acids is 1. The Morgan fingerprint density at radius 2 is 2.07 bits per heavy atom. The average molecular weight is 416 g/mol. The summed E-state index contributed by atoms with van der Waals surface area (Å²) in [6.45, 7) is 10.9. The van der Waals surface area contributed by atoms with E-state index in [0.717, 1.165) is 24.3 Å². The van der Waals surface area contributed by atoms with Gasteiger partial charge in [-0.1, -0.05) is 32.1 Å². The Bertz CT molecular complexity index is 873. The number of aliphatic hydroxyl groups is 1. The summed E-state index contributed by atoms with van der Waals surface area (Å²) in [6.07, 6.45) is 3.76. The minimum Gasteiger partial charge on any atom is -0.493 e. The molecular weight excluding hydrogens is 382 g/mol. The van der Waals surface area contributed by atoms with Gasteiger partial charge in [0.1, 0.15) is 18.9 Å². The van der Waals surface area contributed by atoms with Gasteiger partial charge in [0.05, 0.1) is 12.5 Å². The van der Waals surface area contributed by atoms with Gasteiger partial charge in [0.25, 0.3) is 0 Å². The topological polar surface area (TPSA) is 68.2 Å². The second-order valence-electron chi connectivity index (χ2n) is 9.84. The van der Waals surface area contributed by atoms with E-state index in [1.165, 1.54) is 5.56 Å². The number of benzene rings is 1. The summed E-state index contributed by atoms with van der Waals surface area (Å²) in [7, 11) is 1.64. The largest absolute Gasteiger partial charge is 0.493 e. The molecule has 4 rings (SSSR count). The second-order valence-corrected chi connectivity index (χ2v) is 9.84. The molecule has 0 bridgehead atoms. The first-order chi connectivity index (χ1) is 14.1. The fourth-order valence-electron chi connectivity index (χ4n) is 5.37. The van der Waals surface area contributed by atoms with Crippen LogP contribution in [-0.2, 0) is 21.4 Å². The molecular formula is C24H33NO5. The lowest BCUT2D eigenvalue weighted by atomic mass is 9.57. The number of aliphatic hydroxyl groups excluding tert-OH is 1. The van der Waals surface area contributed by atoms with Crippen LogP contribution in [0, 0.1) is 11.3 Å². The van der Waals surface area contributed by atoms with Crippen LogP contribution in [0.4, 0.5) is 0 Å². The predicted octanol–water partition coefficient (Wildman–Crippen LogP) is 3.05. The number of rotatable bonds is 5. The minimum absolute atomic E-state index is 0.125. The zero-order chi connectivity index (χ0) is 21.8. The van der Waals surface area contributed by atoms with Crippen LogP contribution in [0.3, 0.4) is 0 Å². The van der Waals surface area contributed by atoms with Crippen molar-refractivity contribution >= 4 is 5.97 Å². The maximum atomic E-state index is 12.4. The van der Waals surface area contributed by atoms with E-state index >= 15 is 0 Å². The molecule has 0 spiro atoms. The molecule has 0 saturated heterocycles. The monoisotopic (exact) mass is 415 g/mol. The molecule has 0 radical (unpaired) electrons. The van der Waals surface area contributed by atoms with Crippen molar-refractivity contribution in [1.82, 2.24) is 4.90 Å². The van der Waals surface area contributed by atoms with Crippen LogP contribution in [0.5, 0.6) is 11.5 Å². The molecule has 6 heteroatoms. The van der Waals surface area contributed by atoms with Gasteiger partial charge in [0.15, 0.2) is 11.5 Å². The lowest BCUT2D eigenvalue weighted by Gasteiger charge is -2.50.